The van der Waals surface area contributed by atoms with E-state index >= 15 is 0 Å². The summed E-state index contributed by atoms with van der Waals surface area (Å²) in [5.74, 6) is 1.16. The van der Waals surface area contributed by atoms with Crippen LogP contribution in [0.4, 0.5) is 0 Å². The van der Waals surface area contributed by atoms with Crippen LogP contribution in [0.1, 0.15) is 45.4 Å². The quantitative estimate of drug-likeness (QED) is 0.722. The lowest BCUT2D eigenvalue weighted by Crippen LogP contribution is -2.35. The number of nitrogens with zero attached hydrogens (tertiary/aromatic N) is 1. The Balaban J connectivity index is 2.35. The average molecular weight is 198 g/mol. The van der Waals surface area contributed by atoms with E-state index in [9.17, 15) is 0 Å². The molecule has 0 amide bonds. The summed E-state index contributed by atoms with van der Waals surface area (Å²) in [5, 5.41) is 12.3. The Bertz CT molecular complexity index is 180. The fourth-order valence-electron chi connectivity index (χ4n) is 1.76. The van der Waals surface area contributed by atoms with E-state index in [1.807, 2.05) is 0 Å². The molecule has 1 atom stereocenters. The molecule has 0 aromatic heterocycles. The number of rotatable bonds is 4. The lowest BCUT2D eigenvalue weighted by Gasteiger charge is -2.18. The van der Waals surface area contributed by atoms with Crippen molar-refractivity contribution in [1.29, 1.82) is 0 Å². The highest BCUT2D eigenvalue weighted by atomic mass is 16.3. The molecular weight excluding hydrogens is 176 g/mol. The van der Waals surface area contributed by atoms with Gasteiger partial charge in [0.1, 0.15) is 0 Å². The lowest BCUT2D eigenvalue weighted by molar-refractivity contribution is 0.269. The van der Waals surface area contributed by atoms with Crippen molar-refractivity contribution >= 4 is 5.84 Å². The molecule has 1 heterocycles. The molecule has 3 heteroatoms. The summed E-state index contributed by atoms with van der Waals surface area (Å²) in [6.07, 6.45) is 6.74. The number of amidine groups is 1. The fraction of sp³-hybridized carbons (Fsp3) is 0.909. The highest BCUT2D eigenvalue weighted by Crippen LogP contribution is 2.07. The Hall–Kier alpha value is -0.570. The molecule has 0 radical (unpaired) electrons. The molecule has 1 unspecified atom stereocenters. The highest BCUT2D eigenvalue weighted by molar-refractivity contribution is 5.82. The smallest absolute Gasteiger partial charge is 0.0965 e. The number of hydrogen-bond acceptors (Lipinski definition) is 3. The zero-order chi connectivity index (χ0) is 10.2. The molecule has 1 rings (SSSR count). The Morgan fingerprint density at radius 3 is 3.00 bits per heavy atom. The van der Waals surface area contributed by atoms with Gasteiger partial charge in [0.2, 0.25) is 0 Å². The Labute approximate surface area is 86.6 Å². The second-order valence-corrected chi connectivity index (χ2v) is 3.90. The minimum atomic E-state index is 0.263. The van der Waals surface area contributed by atoms with Gasteiger partial charge in [0.05, 0.1) is 5.84 Å². The van der Waals surface area contributed by atoms with Crippen LogP contribution < -0.4 is 5.32 Å². The van der Waals surface area contributed by atoms with Gasteiger partial charge in [-0.2, -0.15) is 0 Å². The van der Waals surface area contributed by atoms with Crippen LogP contribution in [0.25, 0.3) is 0 Å². The van der Waals surface area contributed by atoms with E-state index < -0.39 is 0 Å². The van der Waals surface area contributed by atoms with E-state index in [1.54, 1.807) is 0 Å². The van der Waals surface area contributed by atoms with Gasteiger partial charge in [0, 0.05) is 25.6 Å². The van der Waals surface area contributed by atoms with E-state index in [2.05, 4.69) is 17.2 Å². The van der Waals surface area contributed by atoms with Crippen LogP contribution in [0.5, 0.6) is 0 Å². The summed E-state index contributed by atoms with van der Waals surface area (Å²) in [4.78, 5) is 4.52. The van der Waals surface area contributed by atoms with Crippen LogP contribution in [0.2, 0.25) is 0 Å². The molecule has 1 aliphatic heterocycles. The second kappa shape index (κ2) is 6.82. The van der Waals surface area contributed by atoms with Crippen molar-refractivity contribution in [2.24, 2.45) is 4.99 Å². The first kappa shape index (κ1) is 11.5. The molecule has 0 saturated carbocycles. The summed E-state index contributed by atoms with van der Waals surface area (Å²) < 4.78 is 0. The van der Waals surface area contributed by atoms with Gasteiger partial charge in [0.15, 0.2) is 0 Å². The maximum absolute atomic E-state index is 8.87. The molecule has 14 heavy (non-hydrogen) atoms. The van der Waals surface area contributed by atoms with E-state index in [0.29, 0.717) is 6.04 Å². The van der Waals surface area contributed by atoms with Gasteiger partial charge in [-0.3, -0.25) is 4.99 Å². The number of hydrogen-bond donors (Lipinski definition) is 2. The van der Waals surface area contributed by atoms with Crippen LogP contribution in [0, 0.1) is 0 Å². The summed E-state index contributed by atoms with van der Waals surface area (Å²) >= 11 is 0. The van der Waals surface area contributed by atoms with Gasteiger partial charge < -0.3 is 10.4 Å². The third-order valence-corrected chi connectivity index (χ3v) is 2.72. The first-order chi connectivity index (χ1) is 6.86. The zero-order valence-corrected chi connectivity index (χ0v) is 9.13. The van der Waals surface area contributed by atoms with Crippen molar-refractivity contribution in [1.82, 2.24) is 5.32 Å². The SMILES string of the molecule is CCC(CCO)NC1=NCCCCC1. The number of aliphatic hydroxyl groups excluding tert-OH is 1. The molecule has 3 nitrogen and oxygen atoms in total. The summed E-state index contributed by atoms with van der Waals surface area (Å²) in [6, 6.07) is 0.400. The molecule has 0 bridgehead atoms. The Morgan fingerprint density at radius 1 is 1.43 bits per heavy atom. The summed E-state index contributed by atoms with van der Waals surface area (Å²) in [7, 11) is 0. The molecule has 0 aromatic rings. The third-order valence-electron chi connectivity index (χ3n) is 2.72. The second-order valence-electron chi connectivity index (χ2n) is 3.90. The van der Waals surface area contributed by atoms with Crippen molar-refractivity contribution in [3.05, 3.63) is 0 Å². The van der Waals surface area contributed by atoms with Crippen molar-refractivity contribution in [2.45, 2.75) is 51.5 Å². The van der Waals surface area contributed by atoms with Crippen LogP contribution >= 0.6 is 0 Å². The van der Waals surface area contributed by atoms with Gasteiger partial charge in [0.25, 0.3) is 0 Å². The Morgan fingerprint density at radius 2 is 2.29 bits per heavy atom. The highest BCUT2D eigenvalue weighted by Gasteiger charge is 2.09. The molecule has 82 valence electrons. The summed E-state index contributed by atoms with van der Waals surface area (Å²) in [5.41, 5.74) is 0. The lowest BCUT2D eigenvalue weighted by atomic mass is 10.1. The first-order valence-corrected chi connectivity index (χ1v) is 5.77. The van der Waals surface area contributed by atoms with Crippen molar-refractivity contribution in [2.75, 3.05) is 13.2 Å². The minimum Gasteiger partial charge on any atom is -0.396 e. The monoisotopic (exact) mass is 198 g/mol. The topological polar surface area (TPSA) is 44.6 Å². The third kappa shape index (κ3) is 4.09. The van der Waals surface area contributed by atoms with E-state index in [-0.39, 0.29) is 6.61 Å². The molecule has 0 aliphatic carbocycles. The largest absolute Gasteiger partial charge is 0.396 e. The van der Waals surface area contributed by atoms with E-state index in [1.165, 1.54) is 19.3 Å². The van der Waals surface area contributed by atoms with Crippen LogP contribution in [-0.4, -0.2) is 30.1 Å². The maximum Gasteiger partial charge on any atom is 0.0965 e. The molecule has 0 aromatic carbocycles. The van der Waals surface area contributed by atoms with Gasteiger partial charge >= 0.3 is 0 Å². The van der Waals surface area contributed by atoms with Crippen molar-refractivity contribution < 1.29 is 5.11 Å². The van der Waals surface area contributed by atoms with Crippen molar-refractivity contribution in [3.8, 4) is 0 Å². The van der Waals surface area contributed by atoms with Crippen molar-refractivity contribution in [3.63, 3.8) is 0 Å². The van der Waals surface area contributed by atoms with E-state index in [4.69, 9.17) is 5.11 Å². The average Bonchev–Trinajstić information content (AvgIpc) is 2.45. The fourth-order valence-corrected chi connectivity index (χ4v) is 1.76. The standard InChI is InChI=1S/C11H22N2O/c1-2-10(7-9-14)13-11-6-4-3-5-8-12-11/h10,14H,2-9H2,1H3,(H,12,13). The predicted molar refractivity (Wildman–Crippen MR) is 59.7 cm³/mol. The predicted octanol–water partition coefficient (Wildman–Crippen LogP) is 1.71. The van der Waals surface area contributed by atoms with Crippen LogP contribution in [0.3, 0.4) is 0 Å². The van der Waals surface area contributed by atoms with Gasteiger partial charge in [-0.15, -0.1) is 0 Å². The molecule has 0 spiro atoms. The molecule has 1 aliphatic rings. The van der Waals surface area contributed by atoms with Gasteiger partial charge in [-0.25, -0.2) is 0 Å². The molecule has 0 fully saturated rings. The number of nitrogens with one attached hydrogen (secondary N) is 1. The molecule has 0 saturated heterocycles. The van der Waals surface area contributed by atoms with Crippen LogP contribution in [0.15, 0.2) is 4.99 Å². The normalized spacial score (nSPS) is 19.7. The number of aliphatic hydroxyl groups is 1. The Kier molecular flexibility index (Phi) is 5.60. The first-order valence-electron chi connectivity index (χ1n) is 5.77. The zero-order valence-electron chi connectivity index (χ0n) is 9.13. The molecule has 2 N–H and O–H groups in total. The number of aliphatic imine (C=N–C) groups is 1. The minimum absolute atomic E-state index is 0.263. The van der Waals surface area contributed by atoms with Gasteiger partial charge in [-0.05, 0) is 25.7 Å². The van der Waals surface area contributed by atoms with Crippen LogP contribution in [-0.2, 0) is 0 Å². The molecular formula is C11H22N2O. The summed E-state index contributed by atoms with van der Waals surface area (Å²) in [6.45, 7) is 3.38. The van der Waals surface area contributed by atoms with Gasteiger partial charge in [-0.1, -0.05) is 13.3 Å². The maximum atomic E-state index is 8.87. The van der Waals surface area contributed by atoms with E-state index in [0.717, 1.165) is 31.6 Å².